The summed E-state index contributed by atoms with van der Waals surface area (Å²) in [4.78, 5) is 12.5. The van der Waals surface area contributed by atoms with Crippen molar-refractivity contribution in [2.24, 2.45) is 0 Å². The number of amides is 1. The van der Waals surface area contributed by atoms with Gasteiger partial charge in [-0.05, 0) is 48.7 Å². The Morgan fingerprint density at radius 2 is 1.96 bits per heavy atom. The van der Waals surface area contributed by atoms with Gasteiger partial charge < -0.3 is 5.32 Å². The molecule has 1 amide bonds. The lowest BCUT2D eigenvalue weighted by atomic mass is 10.1. The number of rotatable bonds is 5. The van der Waals surface area contributed by atoms with Crippen LogP contribution in [0.25, 0.3) is 0 Å². The molecule has 1 aliphatic rings. The second-order valence-corrected chi connectivity index (χ2v) is 6.78. The molecule has 27 heavy (non-hydrogen) atoms. The average Bonchev–Trinajstić information content (AvgIpc) is 3.32. The maximum Gasteiger partial charge on any atom is 0.273 e. The summed E-state index contributed by atoms with van der Waals surface area (Å²) in [5, 5.41) is 11.0. The smallest absolute Gasteiger partial charge is 0.273 e. The largest absolute Gasteiger partial charge is 0.347 e. The van der Waals surface area contributed by atoms with E-state index in [0.29, 0.717) is 12.2 Å². The molecule has 138 valence electrons. The maximum atomic E-state index is 13.3. The predicted molar refractivity (Wildman–Crippen MR) is 95.3 cm³/mol. The van der Waals surface area contributed by atoms with Gasteiger partial charge in [0.2, 0.25) is 0 Å². The number of hydrogen-bond acceptors (Lipinski definition) is 3. The van der Waals surface area contributed by atoms with Crippen LogP contribution in [0.4, 0.5) is 8.78 Å². The summed E-state index contributed by atoms with van der Waals surface area (Å²) in [6.45, 7) is 2.18. The summed E-state index contributed by atoms with van der Waals surface area (Å²) in [6.07, 6.45) is 0.776. The summed E-state index contributed by atoms with van der Waals surface area (Å²) >= 11 is 0. The maximum absolute atomic E-state index is 13.3. The zero-order chi connectivity index (χ0) is 19.0. The fourth-order valence-corrected chi connectivity index (χ4v) is 3.18. The van der Waals surface area contributed by atoms with Gasteiger partial charge in [-0.25, -0.2) is 13.5 Å². The van der Waals surface area contributed by atoms with Crippen molar-refractivity contribution in [1.29, 1.82) is 0 Å². The molecule has 4 rings (SSSR count). The van der Waals surface area contributed by atoms with Gasteiger partial charge in [-0.3, -0.25) is 4.79 Å². The molecule has 1 heterocycles. The lowest BCUT2D eigenvalue weighted by Crippen LogP contribution is -2.27. The summed E-state index contributed by atoms with van der Waals surface area (Å²) < 4.78 is 28.0. The second kappa shape index (κ2) is 6.90. The fourth-order valence-electron chi connectivity index (χ4n) is 3.18. The van der Waals surface area contributed by atoms with Crippen molar-refractivity contribution >= 4 is 5.91 Å². The van der Waals surface area contributed by atoms with Crippen LogP contribution in [0.2, 0.25) is 0 Å². The van der Waals surface area contributed by atoms with E-state index in [0.717, 1.165) is 17.5 Å². The molecule has 3 aromatic rings. The minimum absolute atomic E-state index is 0.0269. The van der Waals surface area contributed by atoms with Gasteiger partial charge in [0, 0.05) is 12.0 Å². The Morgan fingerprint density at radius 3 is 2.70 bits per heavy atom. The molecule has 0 bridgehead atoms. The van der Waals surface area contributed by atoms with Crippen LogP contribution >= 0.6 is 0 Å². The number of carbonyl (C=O) groups is 1. The molecular formula is C20H18F2N4O. The standard InChI is InChI=1S/C20H18F2N4O/c1-12-19(24-25-26(12)11-13-5-7-15(21)8-6-13)20(27)23-18-10-17(18)14-3-2-4-16(22)9-14/h2-9,17-18H,10-11H2,1H3,(H,23,27)/t17-,18+/m0/s1. The van der Waals surface area contributed by atoms with Gasteiger partial charge in [0.15, 0.2) is 5.69 Å². The summed E-state index contributed by atoms with van der Waals surface area (Å²) in [5.74, 6) is -0.739. The molecule has 2 atom stereocenters. The Morgan fingerprint density at radius 1 is 1.19 bits per heavy atom. The molecule has 0 unspecified atom stereocenters. The first kappa shape index (κ1) is 17.3. The van der Waals surface area contributed by atoms with E-state index in [4.69, 9.17) is 0 Å². The minimum Gasteiger partial charge on any atom is -0.347 e. The van der Waals surface area contributed by atoms with E-state index in [-0.39, 0.29) is 35.2 Å². The first-order chi connectivity index (χ1) is 13.0. The van der Waals surface area contributed by atoms with E-state index >= 15 is 0 Å². The highest BCUT2D eigenvalue weighted by Crippen LogP contribution is 2.41. The van der Waals surface area contributed by atoms with Gasteiger partial charge in [0.05, 0.1) is 12.2 Å². The number of hydrogen-bond donors (Lipinski definition) is 1. The van der Waals surface area contributed by atoms with Crippen LogP contribution in [0.5, 0.6) is 0 Å². The summed E-state index contributed by atoms with van der Waals surface area (Å²) in [5.41, 5.74) is 2.66. The Labute approximate surface area is 155 Å². The van der Waals surface area contributed by atoms with E-state index < -0.39 is 0 Å². The number of benzene rings is 2. The van der Waals surface area contributed by atoms with Crippen molar-refractivity contribution in [3.8, 4) is 0 Å². The Kier molecular flexibility index (Phi) is 4.43. The summed E-state index contributed by atoms with van der Waals surface area (Å²) in [7, 11) is 0. The highest BCUT2D eigenvalue weighted by Gasteiger charge is 2.40. The second-order valence-electron chi connectivity index (χ2n) is 6.78. The van der Waals surface area contributed by atoms with Gasteiger partial charge in [-0.15, -0.1) is 5.10 Å². The van der Waals surface area contributed by atoms with Crippen LogP contribution in [0.3, 0.4) is 0 Å². The molecular weight excluding hydrogens is 350 g/mol. The van der Waals surface area contributed by atoms with Gasteiger partial charge in [-0.2, -0.15) is 0 Å². The molecule has 0 aliphatic heterocycles. The molecule has 1 aliphatic carbocycles. The molecule has 5 nitrogen and oxygen atoms in total. The molecule has 1 aromatic heterocycles. The van der Waals surface area contributed by atoms with Gasteiger partial charge >= 0.3 is 0 Å². The van der Waals surface area contributed by atoms with Crippen LogP contribution in [-0.4, -0.2) is 26.9 Å². The predicted octanol–water partition coefficient (Wildman–Crippen LogP) is 3.20. The topological polar surface area (TPSA) is 59.8 Å². The van der Waals surface area contributed by atoms with E-state index in [1.807, 2.05) is 6.07 Å². The zero-order valence-electron chi connectivity index (χ0n) is 14.7. The monoisotopic (exact) mass is 368 g/mol. The Bertz CT molecular complexity index is 984. The molecule has 1 saturated carbocycles. The number of carbonyl (C=O) groups excluding carboxylic acids is 1. The Hall–Kier alpha value is -3.09. The lowest BCUT2D eigenvalue weighted by Gasteiger charge is -2.06. The highest BCUT2D eigenvalue weighted by molar-refractivity contribution is 5.93. The van der Waals surface area contributed by atoms with E-state index in [1.165, 1.54) is 24.3 Å². The third kappa shape index (κ3) is 3.72. The third-order valence-corrected chi connectivity index (χ3v) is 4.83. The molecule has 7 heteroatoms. The van der Waals surface area contributed by atoms with E-state index in [1.54, 1.807) is 29.8 Å². The number of aromatic nitrogens is 3. The number of nitrogens with zero attached hydrogens (tertiary/aromatic N) is 3. The first-order valence-corrected chi connectivity index (χ1v) is 8.72. The van der Waals surface area contributed by atoms with Crippen molar-refractivity contribution < 1.29 is 13.6 Å². The van der Waals surface area contributed by atoms with Crippen molar-refractivity contribution in [3.05, 3.63) is 82.7 Å². The van der Waals surface area contributed by atoms with E-state index in [2.05, 4.69) is 15.6 Å². The fraction of sp³-hybridized carbons (Fsp3) is 0.250. The molecule has 1 fully saturated rings. The molecule has 0 spiro atoms. The van der Waals surface area contributed by atoms with Gasteiger partial charge in [0.1, 0.15) is 11.6 Å². The van der Waals surface area contributed by atoms with Crippen LogP contribution in [0.15, 0.2) is 48.5 Å². The zero-order valence-corrected chi connectivity index (χ0v) is 14.7. The van der Waals surface area contributed by atoms with Gasteiger partial charge in [-0.1, -0.05) is 29.5 Å². The van der Waals surface area contributed by atoms with Crippen molar-refractivity contribution in [3.63, 3.8) is 0 Å². The molecule has 0 radical (unpaired) electrons. The van der Waals surface area contributed by atoms with Crippen molar-refractivity contribution in [1.82, 2.24) is 20.3 Å². The number of halogens is 2. The Balaban J connectivity index is 1.41. The first-order valence-electron chi connectivity index (χ1n) is 8.72. The van der Waals surface area contributed by atoms with Crippen LogP contribution in [-0.2, 0) is 6.54 Å². The average molecular weight is 368 g/mol. The normalized spacial score (nSPS) is 18.3. The summed E-state index contributed by atoms with van der Waals surface area (Å²) in [6, 6.07) is 12.5. The highest BCUT2D eigenvalue weighted by atomic mass is 19.1. The van der Waals surface area contributed by atoms with Crippen LogP contribution in [0.1, 0.15) is 39.6 Å². The van der Waals surface area contributed by atoms with Crippen molar-refractivity contribution in [2.75, 3.05) is 0 Å². The van der Waals surface area contributed by atoms with Crippen molar-refractivity contribution in [2.45, 2.75) is 31.8 Å². The molecule has 1 N–H and O–H groups in total. The SMILES string of the molecule is Cc1c(C(=O)N[C@@H]2C[C@H]2c2cccc(F)c2)nnn1Cc1ccc(F)cc1. The van der Waals surface area contributed by atoms with Crippen LogP contribution < -0.4 is 5.32 Å². The van der Waals surface area contributed by atoms with Gasteiger partial charge in [0.25, 0.3) is 5.91 Å². The molecule has 2 aromatic carbocycles. The van der Waals surface area contributed by atoms with Crippen LogP contribution in [0, 0.1) is 18.6 Å². The quantitative estimate of drug-likeness (QED) is 0.752. The number of nitrogens with one attached hydrogen (secondary N) is 1. The third-order valence-electron chi connectivity index (χ3n) is 4.83. The van der Waals surface area contributed by atoms with E-state index in [9.17, 15) is 13.6 Å². The lowest BCUT2D eigenvalue weighted by molar-refractivity contribution is 0.0944. The minimum atomic E-state index is -0.300. The molecule has 0 saturated heterocycles.